The third-order valence-electron chi connectivity index (χ3n) is 0.333. The average Bonchev–Trinajstić information content (AvgIpc) is 1.88. The van der Waals surface area contributed by atoms with Gasteiger partial charge in [-0.3, -0.25) is 0 Å². The molecule has 8 nitrogen and oxygen atoms in total. The van der Waals surface area contributed by atoms with E-state index in [-0.39, 0.29) is 29.2 Å². The van der Waals surface area contributed by atoms with Gasteiger partial charge in [0.05, 0.1) is 23.9 Å². The average molecular weight is 420 g/mol. The van der Waals surface area contributed by atoms with E-state index in [1.807, 2.05) is 0 Å². The van der Waals surface area contributed by atoms with Crippen LogP contribution in [-0.2, 0) is 19.2 Å². The number of carboxylic acid groups (broad SMARTS) is 4. The molecule has 0 radical (unpaired) electrons. The summed E-state index contributed by atoms with van der Waals surface area (Å²) in [5.41, 5.74) is 0. The van der Waals surface area contributed by atoms with Crippen LogP contribution in [0.4, 0.5) is 0 Å². The SMILES string of the molecule is O=C([O-])C(=O)[O-].O=C([O-])C(=O)[O-].[Pu+4]. The fourth-order valence-electron chi connectivity index (χ4n) is 0. The van der Waals surface area contributed by atoms with E-state index in [0.29, 0.717) is 0 Å². The molecule has 0 atom stereocenters. The fraction of sp³-hybridized carbons (Fsp3) is 0. The van der Waals surface area contributed by atoms with Gasteiger partial charge in [-0.2, -0.15) is 0 Å². The van der Waals surface area contributed by atoms with Gasteiger partial charge >= 0.3 is 29.2 Å². The monoisotopic (exact) mass is 414 g/mol. The molecule has 0 aromatic carbocycles. The number of carboxylic acids is 4. The van der Waals surface area contributed by atoms with Crippen molar-refractivity contribution in [1.29, 1.82) is 0 Å². The Morgan fingerprint density at radius 2 is 0.615 bits per heavy atom. The first-order valence-corrected chi connectivity index (χ1v) is 2.13. The van der Waals surface area contributed by atoms with Gasteiger partial charge in [-0.15, -0.1) is 0 Å². The van der Waals surface area contributed by atoms with Crippen molar-refractivity contribution in [2.75, 3.05) is 0 Å². The first-order valence-electron chi connectivity index (χ1n) is 2.13. The zero-order valence-electron chi connectivity index (χ0n) is 5.67. The Labute approximate surface area is 92.7 Å². The van der Waals surface area contributed by atoms with Gasteiger partial charge < -0.3 is 39.6 Å². The summed E-state index contributed by atoms with van der Waals surface area (Å²) in [4.78, 5) is 35.7. The summed E-state index contributed by atoms with van der Waals surface area (Å²) in [7, 11) is 0. The molecule has 0 aromatic rings. The van der Waals surface area contributed by atoms with Crippen LogP contribution in [0.5, 0.6) is 0 Å². The minimum Gasteiger partial charge on any atom is -0.543 e. The van der Waals surface area contributed by atoms with Gasteiger partial charge in [0.15, 0.2) is 0 Å². The second-order valence-corrected chi connectivity index (χ2v) is 1.15. The molecule has 0 rings (SSSR count). The van der Waals surface area contributed by atoms with E-state index in [0.717, 1.165) is 0 Å². The smallest absolute Gasteiger partial charge is 0.543 e. The Morgan fingerprint density at radius 1 is 0.538 bits per heavy atom. The molecule has 13 heavy (non-hydrogen) atoms. The molecule has 0 bridgehead atoms. The van der Waals surface area contributed by atoms with Crippen LogP contribution in [0.15, 0.2) is 0 Å². The van der Waals surface area contributed by atoms with Crippen LogP contribution >= 0.6 is 0 Å². The molecule has 0 fully saturated rings. The summed E-state index contributed by atoms with van der Waals surface area (Å²) >= 11 is 0. The molecule has 0 heterocycles. The number of hydrogen-bond donors (Lipinski definition) is 0. The van der Waals surface area contributed by atoms with Crippen molar-refractivity contribution in [1.82, 2.24) is 0 Å². The van der Waals surface area contributed by atoms with E-state index in [2.05, 4.69) is 0 Å². The maximum atomic E-state index is 8.93. The fourth-order valence-corrected chi connectivity index (χ4v) is 0. The summed E-state index contributed by atoms with van der Waals surface area (Å²) < 4.78 is 0. The molecule has 70 valence electrons. The maximum absolute atomic E-state index is 8.93. The van der Waals surface area contributed by atoms with Crippen LogP contribution in [-0.4, -0.2) is 23.9 Å². The number of hydrogen-bond acceptors (Lipinski definition) is 8. The van der Waals surface area contributed by atoms with E-state index in [1.165, 1.54) is 0 Å². The quantitative estimate of drug-likeness (QED) is 0.350. The topological polar surface area (TPSA) is 161 Å². The van der Waals surface area contributed by atoms with Crippen LogP contribution in [0.25, 0.3) is 0 Å². The first kappa shape index (κ1) is 17.8. The van der Waals surface area contributed by atoms with Crippen LogP contribution in [0, 0.1) is 29.2 Å². The van der Waals surface area contributed by atoms with Crippen molar-refractivity contribution in [3.05, 3.63) is 0 Å². The third-order valence-corrected chi connectivity index (χ3v) is 0.333. The minimum absolute atomic E-state index is 0. The predicted molar refractivity (Wildman–Crippen MR) is 20.0 cm³/mol. The minimum atomic E-state index is -2.19. The van der Waals surface area contributed by atoms with Crippen LogP contribution in [0.3, 0.4) is 0 Å². The maximum Gasteiger partial charge on any atom is 4.00 e. The second kappa shape index (κ2) is 8.96. The Hall–Kier alpha value is -1.13. The molecular weight excluding hydrogens is 420 g/mol. The molecule has 0 saturated carbocycles. The van der Waals surface area contributed by atoms with Crippen molar-refractivity contribution in [2.45, 2.75) is 0 Å². The number of aliphatic carboxylic acids is 4. The van der Waals surface area contributed by atoms with Crippen molar-refractivity contribution in [3.8, 4) is 0 Å². The first-order chi connectivity index (χ1) is 5.29. The molecule has 0 N–H and O–H groups in total. The number of rotatable bonds is 0. The van der Waals surface area contributed by atoms with Crippen molar-refractivity contribution in [3.63, 3.8) is 0 Å². The normalized spacial score (nSPS) is 6.77. The van der Waals surface area contributed by atoms with Gasteiger partial charge in [0.25, 0.3) is 0 Å². The summed E-state index contributed by atoms with van der Waals surface area (Å²) in [6.07, 6.45) is 0. The van der Waals surface area contributed by atoms with Crippen molar-refractivity contribution in [2.24, 2.45) is 0 Å². The molecule has 0 aliphatic rings. The van der Waals surface area contributed by atoms with Crippen LogP contribution < -0.4 is 20.4 Å². The Kier molecular flexibility index (Phi) is 12.3. The van der Waals surface area contributed by atoms with E-state index in [9.17, 15) is 0 Å². The van der Waals surface area contributed by atoms with Crippen LogP contribution in [0.2, 0.25) is 0 Å². The molecule has 0 unspecified atom stereocenters. The summed E-state index contributed by atoms with van der Waals surface area (Å²) in [5, 5.41) is 35.7. The van der Waals surface area contributed by atoms with E-state index in [1.54, 1.807) is 0 Å². The Morgan fingerprint density at radius 3 is 0.615 bits per heavy atom. The molecular formula is C4O8Pu. The van der Waals surface area contributed by atoms with Gasteiger partial charge in [0, 0.05) is 0 Å². The predicted octanol–water partition coefficient (Wildman–Crippen LogP) is -7.03. The molecule has 0 amide bonds. The summed E-state index contributed by atoms with van der Waals surface area (Å²) in [6.45, 7) is 0. The molecule has 0 aromatic heterocycles. The molecule has 0 saturated heterocycles. The molecule has 0 spiro atoms. The molecule has 0 aliphatic heterocycles. The van der Waals surface area contributed by atoms with Crippen molar-refractivity contribution >= 4 is 23.9 Å². The second-order valence-electron chi connectivity index (χ2n) is 1.15. The number of carbonyl (C=O) groups excluding carboxylic acids is 4. The summed E-state index contributed by atoms with van der Waals surface area (Å²) in [5.74, 6) is -8.74. The standard InChI is InChI=1S/2C2H2O4.Pu/c2*3-1(4)2(5)6;/h2*(H,3,4)(H,5,6);/q;;+4/p-4. The third kappa shape index (κ3) is 18.1. The van der Waals surface area contributed by atoms with E-state index in [4.69, 9.17) is 39.6 Å². The largest absolute Gasteiger partial charge is 4.00 e. The Bertz CT molecular complexity index is 172. The van der Waals surface area contributed by atoms with E-state index >= 15 is 0 Å². The van der Waals surface area contributed by atoms with Gasteiger partial charge in [0.1, 0.15) is 0 Å². The number of carbonyl (C=O) groups is 4. The molecule has 0 aliphatic carbocycles. The summed E-state index contributed by atoms with van der Waals surface area (Å²) in [6, 6.07) is 0. The molecule has 9 heteroatoms. The van der Waals surface area contributed by atoms with E-state index < -0.39 is 23.9 Å². The zero-order valence-corrected chi connectivity index (χ0v) is 9.07. The van der Waals surface area contributed by atoms with Crippen molar-refractivity contribution < 1.29 is 68.8 Å². The van der Waals surface area contributed by atoms with Gasteiger partial charge in [-0.1, -0.05) is 0 Å². The van der Waals surface area contributed by atoms with Gasteiger partial charge in [-0.25, -0.2) is 0 Å². The van der Waals surface area contributed by atoms with Crippen LogP contribution in [0.1, 0.15) is 0 Å². The van der Waals surface area contributed by atoms with Gasteiger partial charge in [-0.05, 0) is 0 Å². The Balaban J connectivity index is -0.000000143. The van der Waals surface area contributed by atoms with Gasteiger partial charge in [0.2, 0.25) is 0 Å². The zero-order chi connectivity index (χ0) is 10.3.